The molecule has 2 aromatic heterocycles. The molecule has 0 aliphatic heterocycles. The number of hydrogen-bond acceptors (Lipinski definition) is 5. The van der Waals surface area contributed by atoms with Crippen molar-refractivity contribution >= 4 is 33.3 Å². The Hall–Kier alpha value is -1.59. The number of rotatable bonds is 4. The minimum absolute atomic E-state index is 0.840. The minimum Gasteiger partial charge on any atom is -0.496 e. The second-order valence-electron chi connectivity index (χ2n) is 4.42. The molecule has 5 heteroatoms. The largest absolute Gasteiger partial charge is 0.496 e. The van der Waals surface area contributed by atoms with Gasteiger partial charge in [0.15, 0.2) is 0 Å². The van der Waals surface area contributed by atoms with E-state index in [1.165, 1.54) is 11.1 Å². The van der Waals surface area contributed by atoms with Crippen LogP contribution in [0.5, 0.6) is 5.75 Å². The molecule has 102 valence electrons. The molecule has 0 aliphatic carbocycles. The van der Waals surface area contributed by atoms with Crippen LogP contribution in [0.25, 0.3) is 10.2 Å². The summed E-state index contributed by atoms with van der Waals surface area (Å²) in [5.74, 6) is 1.77. The third-order valence-electron chi connectivity index (χ3n) is 3.03. The van der Waals surface area contributed by atoms with Crippen LogP contribution in [0.1, 0.15) is 11.1 Å². The highest BCUT2D eigenvalue weighted by Crippen LogP contribution is 2.32. The van der Waals surface area contributed by atoms with E-state index in [1.54, 1.807) is 36.5 Å². The van der Waals surface area contributed by atoms with E-state index in [1.807, 2.05) is 6.07 Å². The fourth-order valence-corrected chi connectivity index (χ4v) is 3.81. The Labute approximate surface area is 126 Å². The van der Waals surface area contributed by atoms with Gasteiger partial charge in [-0.25, -0.2) is 9.97 Å². The van der Waals surface area contributed by atoms with E-state index in [-0.39, 0.29) is 0 Å². The van der Waals surface area contributed by atoms with E-state index in [4.69, 9.17) is 4.74 Å². The first kappa shape index (κ1) is 13.4. The van der Waals surface area contributed by atoms with Gasteiger partial charge in [0, 0.05) is 16.7 Å². The standard InChI is InChI=1S/C15H14N2OS2/c1-10-3-4-13(18-2)11(7-10)8-20-15-12-5-6-19-14(12)16-9-17-15/h3-7,9H,8H2,1-2H3. The van der Waals surface area contributed by atoms with Crippen molar-refractivity contribution < 1.29 is 4.74 Å². The van der Waals surface area contributed by atoms with E-state index >= 15 is 0 Å². The summed E-state index contributed by atoms with van der Waals surface area (Å²) >= 11 is 3.37. The van der Waals surface area contributed by atoms with Crippen LogP contribution >= 0.6 is 23.1 Å². The van der Waals surface area contributed by atoms with Crippen LogP contribution in [0.15, 0.2) is 41.0 Å². The predicted molar refractivity (Wildman–Crippen MR) is 84.7 cm³/mol. The number of aryl methyl sites for hydroxylation is 1. The number of benzene rings is 1. The Morgan fingerprint density at radius 2 is 2.15 bits per heavy atom. The number of aromatic nitrogens is 2. The predicted octanol–water partition coefficient (Wildman–Crippen LogP) is 4.30. The zero-order valence-corrected chi connectivity index (χ0v) is 12.9. The number of hydrogen-bond donors (Lipinski definition) is 0. The van der Waals surface area contributed by atoms with Gasteiger partial charge in [-0.3, -0.25) is 0 Å². The lowest BCUT2D eigenvalue weighted by atomic mass is 10.1. The first-order valence-electron chi connectivity index (χ1n) is 6.22. The van der Waals surface area contributed by atoms with Crippen LogP contribution in [-0.4, -0.2) is 17.1 Å². The zero-order chi connectivity index (χ0) is 13.9. The molecule has 0 radical (unpaired) electrons. The summed E-state index contributed by atoms with van der Waals surface area (Å²) in [4.78, 5) is 9.70. The molecule has 0 aliphatic rings. The molecule has 0 N–H and O–H groups in total. The van der Waals surface area contributed by atoms with Crippen molar-refractivity contribution in [1.29, 1.82) is 0 Å². The Kier molecular flexibility index (Phi) is 3.89. The summed E-state index contributed by atoms with van der Waals surface area (Å²) in [5.41, 5.74) is 2.43. The Bertz CT molecular complexity index is 740. The quantitative estimate of drug-likeness (QED) is 0.531. The van der Waals surface area contributed by atoms with Crippen LogP contribution in [-0.2, 0) is 5.75 Å². The molecule has 3 aromatic rings. The molecule has 2 heterocycles. The van der Waals surface area contributed by atoms with Gasteiger partial charge in [-0.15, -0.1) is 23.1 Å². The molecule has 0 bridgehead atoms. The average molecular weight is 302 g/mol. The highest BCUT2D eigenvalue weighted by Gasteiger charge is 2.08. The monoisotopic (exact) mass is 302 g/mol. The molecule has 0 spiro atoms. The van der Waals surface area contributed by atoms with Crippen molar-refractivity contribution in [3.05, 3.63) is 47.1 Å². The lowest BCUT2D eigenvalue weighted by molar-refractivity contribution is 0.411. The lowest BCUT2D eigenvalue weighted by Crippen LogP contribution is -1.92. The van der Waals surface area contributed by atoms with Crippen LogP contribution in [0, 0.1) is 6.92 Å². The van der Waals surface area contributed by atoms with Crippen molar-refractivity contribution in [2.24, 2.45) is 0 Å². The van der Waals surface area contributed by atoms with E-state index in [0.717, 1.165) is 26.7 Å². The van der Waals surface area contributed by atoms with Gasteiger partial charge in [-0.2, -0.15) is 0 Å². The number of ether oxygens (including phenoxy) is 1. The normalized spacial score (nSPS) is 10.9. The van der Waals surface area contributed by atoms with Gasteiger partial charge in [0.1, 0.15) is 21.9 Å². The summed E-state index contributed by atoms with van der Waals surface area (Å²) in [6, 6.07) is 8.33. The maximum absolute atomic E-state index is 5.42. The van der Waals surface area contributed by atoms with Crippen molar-refractivity contribution in [2.75, 3.05) is 7.11 Å². The Balaban J connectivity index is 1.86. The molecule has 3 nitrogen and oxygen atoms in total. The second kappa shape index (κ2) is 5.81. The highest BCUT2D eigenvalue weighted by molar-refractivity contribution is 7.98. The fourth-order valence-electron chi connectivity index (χ4n) is 2.05. The molecule has 0 saturated heterocycles. The molecule has 0 unspecified atom stereocenters. The van der Waals surface area contributed by atoms with Crippen LogP contribution in [0.4, 0.5) is 0 Å². The van der Waals surface area contributed by atoms with Gasteiger partial charge in [-0.1, -0.05) is 17.7 Å². The highest BCUT2D eigenvalue weighted by atomic mass is 32.2. The van der Waals surface area contributed by atoms with Gasteiger partial charge < -0.3 is 4.74 Å². The number of nitrogens with zero attached hydrogens (tertiary/aromatic N) is 2. The van der Waals surface area contributed by atoms with Crippen molar-refractivity contribution in [3.8, 4) is 5.75 Å². The summed E-state index contributed by atoms with van der Waals surface area (Å²) in [6.45, 7) is 2.09. The third-order valence-corrected chi connectivity index (χ3v) is 4.90. The Morgan fingerprint density at radius 1 is 1.25 bits per heavy atom. The van der Waals surface area contributed by atoms with Gasteiger partial charge in [0.2, 0.25) is 0 Å². The fraction of sp³-hybridized carbons (Fsp3) is 0.200. The lowest BCUT2D eigenvalue weighted by Gasteiger charge is -2.09. The van der Waals surface area contributed by atoms with Crippen molar-refractivity contribution in [2.45, 2.75) is 17.7 Å². The van der Waals surface area contributed by atoms with Crippen LogP contribution in [0.2, 0.25) is 0 Å². The molecule has 0 atom stereocenters. The maximum atomic E-state index is 5.42. The van der Waals surface area contributed by atoms with Crippen LogP contribution < -0.4 is 4.74 Å². The van der Waals surface area contributed by atoms with Gasteiger partial charge >= 0.3 is 0 Å². The molecular formula is C15H14N2OS2. The van der Waals surface area contributed by atoms with Crippen molar-refractivity contribution in [3.63, 3.8) is 0 Å². The van der Waals surface area contributed by atoms with Crippen LogP contribution in [0.3, 0.4) is 0 Å². The molecule has 3 rings (SSSR count). The number of fused-ring (bicyclic) bond motifs is 1. The molecule has 20 heavy (non-hydrogen) atoms. The van der Waals surface area contributed by atoms with Crippen molar-refractivity contribution in [1.82, 2.24) is 9.97 Å². The van der Waals surface area contributed by atoms with E-state index in [2.05, 4.69) is 40.5 Å². The molecular weight excluding hydrogens is 288 g/mol. The average Bonchev–Trinajstić information content (AvgIpc) is 2.94. The van der Waals surface area contributed by atoms with Gasteiger partial charge in [-0.05, 0) is 24.4 Å². The number of thioether (sulfide) groups is 1. The summed E-state index contributed by atoms with van der Waals surface area (Å²) in [6.07, 6.45) is 1.63. The molecule has 0 saturated carbocycles. The molecule has 0 amide bonds. The number of methoxy groups -OCH3 is 1. The van der Waals surface area contributed by atoms with E-state index in [9.17, 15) is 0 Å². The summed E-state index contributed by atoms with van der Waals surface area (Å²) < 4.78 is 5.42. The van der Waals surface area contributed by atoms with Gasteiger partial charge in [0.05, 0.1) is 7.11 Å². The van der Waals surface area contributed by atoms with Gasteiger partial charge in [0.25, 0.3) is 0 Å². The van der Waals surface area contributed by atoms with E-state index < -0.39 is 0 Å². The minimum atomic E-state index is 0.840. The number of thiophene rings is 1. The van der Waals surface area contributed by atoms with E-state index in [0.29, 0.717) is 0 Å². The third kappa shape index (κ3) is 2.64. The topological polar surface area (TPSA) is 35.0 Å². The smallest absolute Gasteiger partial charge is 0.127 e. The molecule has 1 aromatic carbocycles. The first-order valence-corrected chi connectivity index (χ1v) is 8.09. The molecule has 0 fully saturated rings. The first-order chi connectivity index (χ1) is 9.78. The zero-order valence-electron chi connectivity index (χ0n) is 11.3. The SMILES string of the molecule is COc1ccc(C)cc1CSc1ncnc2sccc12. The maximum Gasteiger partial charge on any atom is 0.127 e. The Morgan fingerprint density at radius 3 is 3.00 bits per heavy atom. The summed E-state index contributed by atoms with van der Waals surface area (Å²) in [7, 11) is 1.71. The second-order valence-corrected chi connectivity index (χ2v) is 6.28. The summed E-state index contributed by atoms with van der Waals surface area (Å²) in [5, 5.41) is 4.21.